The fourth-order valence-corrected chi connectivity index (χ4v) is 2.00. The first-order valence-corrected chi connectivity index (χ1v) is 6.94. The van der Waals surface area contributed by atoms with Crippen LogP contribution in [-0.2, 0) is 4.74 Å². The first-order chi connectivity index (χ1) is 8.70. The van der Waals surface area contributed by atoms with Crippen molar-refractivity contribution in [3.05, 3.63) is 34.2 Å². The van der Waals surface area contributed by atoms with Crippen LogP contribution in [0.5, 0.6) is 0 Å². The van der Waals surface area contributed by atoms with Crippen LogP contribution in [0.1, 0.15) is 19.4 Å². The lowest BCUT2D eigenvalue weighted by Crippen LogP contribution is -2.08. The Bertz CT molecular complexity index is 495. The maximum absolute atomic E-state index is 5.08. The molecule has 0 aliphatic carbocycles. The van der Waals surface area contributed by atoms with Crippen molar-refractivity contribution in [2.75, 3.05) is 13.7 Å². The summed E-state index contributed by atoms with van der Waals surface area (Å²) in [4.78, 5) is 4.35. The highest BCUT2D eigenvalue weighted by molar-refractivity contribution is 14.1. The number of hydrogen-bond acceptors (Lipinski definition) is 3. The zero-order chi connectivity index (χ0) is 13.0. The number of aromatic nitrogens is 3. The van der Waals surface area contributed by atoms with Gasteiger partial charge in [-0.05, 0) is 48.1 Å². The van der Waals surface area contributed by atoms with Crippen LogP contribution in [0.25, 0.3) is 11.4 Å². The molecule has 1 heterocycles. The number of nitrogens with zero attached hydrogens (tertiary/aromatic N) is 3. The lowest BCUT2D eigenvalue weighted by atomic mass is 10.2. The maximum atomic E-state index is 5.08. The fourth-order valence-electron chi connectivity index (χ4n) is 1.64. The third-order valence-electron chi connectivity index (χ3n) is 2.80. The molecule has 2 aromatic rings. The highest BCUT2D eigenvalue weighted by Crippen LogP contribution is 2.18. The van der Waals surface area contributed by atoms with Crippen molar-refractivity contribution in [1.82, 2.24) is 14.8 Å². The summed E-state index contributed by atoms with van der Waals surface area (Å²) < 4.78 is 8.18. The van der Waals surface area contributed by atoms with Gasteiger partial charge >= 0.3 is 0 Å². The van der Waals surface area contributed by atoms with Crippen molar-refractivity contribution in [1.29, 1.82) is 0 Å². The molecule has 0 aliphatic rings. The Morgan fingerprint density at radius 3 is 2.72 bits per heavy atom. The minimum absolute atomic E-state index is 0.301. The van der Waals surface area contributed by atoms with Crippen LogP contribution < -0.4 is 0 Å². The van der Waals surface area contributed by atoms with Gasteiger partial charge in [0, 0.05) is 22.9 Å². The molecule has 0 fully saturated rings. The quantitative estimate of drug-likeness (QED) is 0.772. The lowest BCUT2D eigenvalue weighted by molar-refractivity contribution is 0.178. The smallest absolute Gasteiger partial charge is 0.181 e. The average molecular weight is 357 g/mol. The van der Waals surface area contributed by atoms with Gasteiger partial charge in [0.15, 0.2) is 5.82 Å². The number of halogens is 1. The minimum atomic E-state index is 0.301. The molecule has 0 amide bonds. The molecule has 2 rings (SSSR count). The first-order valence-electron chi connectivity index (χ1n) is 5.86. The Kier molecular flexibility index (Phi) is 4.71. The summed E-state index contributed by atoms with van der Waals surface area (Å²) in [5.74, 6) is 0.774. The van der Waals surface area contributed by atoms with Gasteiger partial charge in [-0.25, -0.2) is 9.67 Å². The summed E-state index contributed by atoms with van der Waals surface area (Å²) in [6, 6.07) is 8.51. The van der Waals surface area contributed by atoms with Crippen molar-refractivity contribution in [2.45, 2.75) is 19.4 Å². The fraction of sp³-hybridized carbons (Fsp3) is 0.385. The number of hydrogen-bond donors (Lipinski definition) is 0. The minimum Gasteiger partial charge on any atom is -0.385 e. The van der Waals surface area contributed by atoms with Gasteiger partial charge in [-0.2, -0.15) is 5.10 Å². The normalized spacial score (nSPS) is 12.6. The van der Waals surface area contributed by atoms with Crippen molar-refractivity contribution in [2.24, 2.45) is 0 Å². The molecule has 0 saturated carbocycles. The van der Waals surface area contributed by atoms with Crippen LogP contribution in [-0.4, -0.2) is 28.5 Å². The van der Waals surface area contributed by atoms with Gasteiger partial charge in [0.25, 0.3) is 0 Å². The Morgan fingerprint density at radius 2 is 2.06 bits per heavy atom. The van der Waals surface area contributed by atoms with Gasteiger partial charge in [-0.1, -0.05) is 12.1 Å². The van der Waals surface area contributed by atoms with Crippen LogP contribution in [0, 0.1) is 3.57 Å². The molecule has 1 unspecified atom stereocenters. The highest BCUT2D eigenvalue weighted by Gasteiger charge is 2.09. The zero-order valence-electron chi connectivity index (χ0n) is 10.5. The second kappa shape index (κ2) is 6.29. The summed E-state index contributed by atoms with van der Waals surface area (Å²) in [7, 11) is 1.71. The Hall–Kier alpha value is -0.950. The molecule has 96 valence electrons. The third-order valence-corrected chi connectivity index (χ3v) is 3.52. The molecule has 1 aromatic carbocycles. The Labute approximate surface area is 121 Å². The monoisotopic (exact) mass is 357 g/mol. The number of benzene rings is 1. The summed E-state index contributed by atoms with van der Waals surface area (Å²) in [6.45, 7) is 2.85. The maximum Gasteiger partial charge on any atom is 0.181 e. The van der Waals surface area contributed by atoms with Crippen LogP contribution in [0.15, 0.2) is 30.6 Å². The third kappa shape index (κ3) is 3.29. The molecule has 0 aliphatic heterocycles. The molecule has 5 heteroatoms. The van der Waals surface area contributed by atoms with E-state index in [0.717, 1.165) is 24.4 Å². The number of ether oxygens (including phenoxy) is 1. The van der Waals surface area contributed by atoms with Crippen molar-refractivity contribution in [3.8, 4) is 11.4 Å². The van der Waals surface area contributed by atoms with E-state index in [4.69, 9.17) is 4.74 Å². The van der Waals surface area contributed by atoms with E-state index in [0.29, 0.717) is 6.04 Å². The Balaban J connectivity index is 2.12. The number of rotatable bonds is 5. The molecule has 0 N–H and O–H groups in total. The molecular weight excluding hydrogens is 341 g/mol. The van der Waals surface area contributed by atoms with E-state index in [1.807, 2.05) is 16.8 Å². The molecule has 4 nitrogen and oxygen atoms in total. The second-order valence-electron chi connectivity index (χ2n) is 4.19. The standard InChI is InChI=1S/C13H16IN3O/c1-10(7-8-18-2)17-9-15-13(16-17)11-3-5-12(14)6-4-11/h3-6,9-10H,7-8H2,1-2H3. The zero-order valence-corrected chi connectivity index (χ0v) is 12.7. The summed E-state index contributed by atoms with van der Waals surface area (Å²) in [5, 5.41) is 4.51. The van der Waals surface area contributed by atoms with Crippen LogP contribution in [0.4, 0.5) is 0 Å². The van der Waals surface area contributed by atoms with E-state index in [1.54, 1.807) is 13.4 Å². The average Bonchev–Trinajstić information content (AvgIpc) is 2.86. The molecule has 0 bridgehead atoms. The van der Waals surface area contributed by atoms with Crippen molar-refractivity contribution < 1.29 is 4.74 Å². The van der Waals surface area contributed by atoms with Gasteiger partial charge < -0.3 is 4.74 Å². The first kappa shape index (κ1) is 13.5. The predicted octanol–water partition coefficient (Wildman–Crippen LogP) is 3.15. The van der Waals surface area contributed by atoms with Crippen LogP contribution in [0.3, 0.4) is 0 Å². The highest BCUT2D eigenvalue weighted by atomic mass is 127. The largest absolute Gasteiger partial charge is 0.385 e. The van der Waals surface area contributed by atoms with Gasteiger partial charge in [0.1, 0.15) is 6.33 Å². The molecule has 1 aromatic heterocycles. The molecule has 0 radical (unpaired) electrons. The van der Waals surface area contributed by atoms with Crippen molar-refractivity contribution in [3.63, 3.8) is 0 Å². The van der Waals surface area contributed by atoms with E-state index in [1.165, 1.54) is 3.57 Å². The van der Waals surface area contributed by atoms with Gasteiger partial charge in [0.2, 0.25) is 0 Å². The molecule has 1 atom stereocenters. The van der Waals surface area contributed by atoms with Gasteiger partial charge in [-0.3, -0.25) is 0 Å². The van der Waals surface area contributed by atoms with Gasteiger partial charge in [-0.15, -0.1) is 0 Å². The topological polar surface area (TPSA) is 39.9 Å². The molecule has 0 saturated heterocycles. The van der Waals surface area contributed by atoms with E-state index in [9.17, 15) is 0 Å². The predicted molar refractivity (Wildman–Crippen MR) is 79.4 cm³/mol. The lowest BCUT2D eigenvalue weighted by Gasteiger charge is -2.09. The van der Waals surface area contributed by atoms with E-state index < -0.39 is 0 Å². The van der Waals surface area contributed by atoms with Gasteiger partial charge in [0.05, 0.1) is 6.04 Å². The molecule has 0 spiro atoms. The van der Waals surface area contributed by atoms with Crippen molar-refractivity contribution >= 4 is 22.6 Å². The van der Waals surface area contributed by atoms with Crippen LogP contribution in [0.2, 0.25) is 0 Å². The summed E-state index contributed by atoms with van der Waals surface area (Å²) in [5.41, 5.74) is 1.05. The number of methoxy groups -OCH3 is 1. The molecular formula is C13H16IN3O. The summed E-state index contributed by atoms with van der Waals surface area (Å²) in [6.07, 6.45) is 2.72. The van der Waals surface area contributed by atoms with E-state index in [-0.39, 0.29) is 0 Å². The SMILES string of the molecule is COCCC(C)n1cnc(-c2ccc(I)cc2)n1. The summed E-state index contributed by atoms with van der Waals surface area (Å²) >= 11 is 2.29. The second-order valence-corrected chi connectivity index (χ2v) is 5.43. The van der Waals surface area contributed by atoms with E-state index in [2.05, 4.69) is 51.7 Å². The van der Waals surface area contributed by atoms with E-state index >= 15 is 0 Å². The molecule has 18 heavy (non-hydrogen) atoms. The van der Waals surface area contributed by atoms with Crippen LogP contribution >= 0.6 is 22.6 Å². The Morgan fingerprint density at radius 1 is 1.33 bits per heavy atom.